The molecule has 0 radical (unpaired) electrons. The first-order valence-corrected chi connectivity index (χ1v) is 9.91. The molecule has 2 aliphatic heterocycles. The zero-order chi connectivity index (χ0) is 20.0. The zero-order valence-corrected chi connectivity index (χ0v) is 16.1. The third-order valence-electron chi connectivity index (χ3n) is 5.60. The van der Waals surface area contributed by atoms with Gasteiger partial charge in [-0.3, -0.25) is 4.79 Å². The highest BCUT2D eigenvalue weighted by Crippen LogP contribution is 2.42. The van der Waals surface area contributed by atoms with Crippen molar-refractivity contribution in [3.63, 3.8) is 0 Å². The molecule has 2 aromatic heterocycles. The van der Waals surface area contributed by atoms with Gasteiger partial charge < -0.3 is 15.0 Å². The monoisotopic (exact) mass is 395 g/mol. The van der Waals surface area contributed by atoms with E-state index in [0.29, 0.717) is 42.5 Å². The second-order valence-electron chi connectivity index (χ2n) is 7.76. The van der Waals surface area contributed by atoms with Crippen LogP contribution < -0.4 is 15.0 Å². The van der Waals surface area contributed by atoms with E-state index in [1.807, 2.05) is 12.3 Å². The molecule has 1 fully saturated rings. The van der Waals surface area contributed by atoms with Crippen LogP contribution in [0.5, 0.6) is 5.75 Å². The average molecular weight is 395 g/mol. The van der Waals surface area contributed by atoms with Crippen LogP contribution >= 0.6 is 0 Å². The lowest BCUT2D eigenvalue weighted by Gasteiger charge is -2.28. The highest BCUT2D eigenvalue weighted by atomic mass is 19.1. The molecule has 7 nitrogen and oxygen atoms in total. The molecule has 4 heterocycles. The van der Waals surface area contributed by atoms with Crippen LogP contribution in [0.3, 0.4) is 0 Å². The second kappa shape index (κ2) is 7.02. The van der Waals surface area contributed by atoms with Crippen LogP contribution in [-0.2, 0) is 0 Å². The molecule has 2 atom stereocenters. The summed E-state index contributed by atoms with van der Waals surface area (Å²) in [6.45, 7) is 3.88. The number of carbonyl (C=O) groups is 1. The fraction of sp³-hybridized carbons (Fsp3) is 0.381. The van der Waals surface area contributed by atoms with Gasteiger partial charge >= 0.3 is 0 Å². The predicted octanol–water partition coefficient (Wildman–Crippen LogP) is 2.97. The SMILES string of the molecule is C[C@@H]1C[C@@H]2c3cc(F)ccc3OCCCNC(=O)c3cnn4ccc(nc34)N2C1. The number of benzene rings is 1. The van der Waals surface area contributed by atoms with Crippen molar-refractivity contribution in [3.05, 3.63) is 53.6 Å². The summed E-state index contributed by atoms with van der Waals surface area (Å²) in [5.74, 6) is 1.37. The van der Waals surface area contributed by atoms with Crippen LogP contribution in [0.4, 0.5) is 10.2 Å². The van der Waals surface area contributed by atoms with Gasteiger partial charge in [0.25, 0.3) is 5.91 Å². The fourth-order valence-electron chi connectivity index (χ4n) is 4.24. The van der Waals surface area contributed by atoms with Crippen molar-refractivity contribution in [2.24, 2.45) is 5.92 Å². The lowest BCUT2D eigenvalue weighted by atomic mass is 9.99. The van der Waals surface area contributed by atoms with E-state index in [0.717, 1.165) is 24.3 Å². The molecular weight excluding hydrogens is 373 g/mol. The van der Waals surface area contributed by atoms with Gasteiger partial charge in [-0.05, 0) is 43.0 Å². The molecule has 5 rings (SSSR count). The predicted molar refractivity (Wildman–Crippen MR) is 106 cm³/mol. The van der Waals surface area contributed by atoms with Crippen molar-refractivity contribution in [1.29, 1.82) is 0 Å². The van der Waals surface area contributed by atoms with E-state index in [4.69, 9.17) is 9.72 Å². The van der Waals surface area contributed by atoms with E-state index in [1.54, 1.807) is 22.8 Å². The molecule has 0 spiro atoms. The number of nitrogens with zero attached hydrogens (tertiary/aromatic N) is 4. The maximum atomic E-state index is 14.1. The number of hydrogen-bond acceptors (Lipinski definition) is 5. The van der Waals surface area contributed by atoms with Crippen molar-refractivity contribution in [2.75, 3.05) is 24.6 Å². The molecule has 0 unspecified atom stereocenters. The van der Waals surface area contributed by atoms with E-state index < -0.39 is 0 Å². The van der Waals surface area contributed by atoms with Crippen LogP contribution in [0.1, 0.15) is 41.7 Å². The first-order chi connectivity index (χ1) is 14.1. The third kappa shape index (κ3) is 3.18. The fourth-order valence-corrected chi connectivity index (χ4v) is 4.24. The summed E-state index contributed by atoms with van der Waals surface area (Å²) in [4.78, 5) is 19.5. The minimum atomic E-state index is -0.276. The third-order valence-corrected chi connectivity index (χ3v) is 5.60. The lowest BCUT2D eigenvalue weighted by molar-refractivity contribution is 0.0953. The zero-order valence-electron chi connectivity index (χ0n) is 16.1. The van der Waals surface area contributed by atoms with Gasteiger partial charge in [0, 0.05) is 24.8 Å². The highest BCUT2D eigenvalue weighted by Gasteiger charge is 2.34. The molecule has 1 saturated heterocycles. The Morgan fingerprint density at radius 1 is 1.31 bits per heavy atom. The van der Waals surface area contributed by atoms with Gasteiger partial charge in [0.2, 0.25) is 0 Å². The van der Waals surface area contributed by atoms with Crippen molar-refractivity contribution in [1.82, 2.24) is 19.9 Å². The largest absolute Gasteiger partial charge is 0.493 e. The van der Waals surface area contributed by atoms with E-state index >= 15 is 0 Å². The summed E-state index contributed by atoms with van der Waals surface area (Å²) in [5, 5.41) is 7.14. The Morgan fingerprint density at radius 2 is 2.21 bits per heavy atom. The summed E-state index contributed by atoms with van der Waals surface area (Å²) in [6, 6.07) is 6.53. The molecular formula is C21H22FN5O2. The summed E-state index contributed by atoms with van der Waals surface area (Å²) in [5.41, 5.74) is 1.80. The van der Waals surface area contributed by atoms with Crippen molar-refractivity contribution >= 4 is 17.4 Å². The standard InChI is InChI=1S/C21H22FN5O2/c1-13-9-17-15-10-14(22)3-4-18(15)29-8-2-6-23-21(28)16-11-24-27-7-5-19(25-20(16)27)26(17)12-13/h3-5,7,10-11,13,17H,2,6,8-9,12H2,1H3,(H,23,28)/t13-,17-/m1/s1. The van der Waals surface area contributed by atoms with Crippen molar-refractivity contribution in [2.45, 2.75) is 25.8 Å². The highest BCUT2D eigenvalue weighted by molar-refractivity contribution is 5.99. The molecule has 8 heteroatoms. The van der Waals surface area contributed by atoms with Gasteiger partial charge in [-0.15, -0.1) is 0 Å². The minimum Gasteiger partial charge on any atom is -0.493 e. The normalized spacial score (nSPS) is 22.0. The van der Waals surface area contributed by atoms with Crippen LogP contribution in [0.15, 0.2) is 36.7 Å². The molecule has 0 aliphatic carbocycles. The summed E-state index contributed by atoms with van der Waals surface area (Å²) in [7, 11) is 0. The molecule has 0 saturated carbocycles. The molecule has 3 aromatic rings. The summed E-state index contributed by atoms with van der Waals surface area (Å²) in [6.07, 6.45) is 4.87. The Labute approximate surface area is 167 Å². The number of carbonyl (C=O) groups excluding carboxylic acids is 1. The minimum absolute atomic E-state index is 0.0474. The van der Waals surface area contributed by atoms with Gasteiger partial charge in [-0.2, -0.15) is 5.10 Å². The smallest absolute Gasteiger partial charge is 0.256 e. The Hall–Kier alpha value is -3.16. The van der Waals surface area contributed by atoms with Gasteiger partial charge in [-0.25, -0.2) is 13.9 Å². The lowest BCUT2D eigenvalue weighted by Crippen LogP contribution is -2.27. The maximum absolute atomic E-state index is 14.1. The first-order valence-electron chi connectivity index (χ1n) is 9.91. The number of halogens is 1. The molecule has 150 valence electrons. The number of aromatic nitrogens is 3. The van der Waals surface area contributed by atoms with Gasteiger partial charge in [0.05, 0.1) is 18.8 Å². The van der Waals surface area contributed by atoms with Crippen LogP contribution in [0.25, 0.3) is 5.65 Å². The number of fused-ring (bicyclic) bond motifs is 5. The number of hydrogen-bond donors (Lipinski definition) is 1. The summed E-state index contributed by atoms with van der Waals surface area (Å²) < 4.78 is 21.7. The van der Waals surface area contributed by atoms with Gasteiger partial charge in [0.15, 0.2) is 5.65 Å². The van der Waals surface area contributed by atoms with E-state index in [9.17, 15) is 9.18 Å². The number of anilines is 1. The van der Waals surface area contributed by atoms with Gasteiger partial charge in [-0.1, -0.05) is 6.92 Å². The topological polar surface area (TPSA) is 71.8 Å². The van der Waals surface area contributed by atoms with Crippen molar-refractivity contribution < 1.29 is 13.9 Å². The summed E-state index contributed by atoms with van der Waals surface area (Å²) >= 11 is 0. The number of ether oxygens (including phenoxy) is 1. The molecule has 29 heavy (non-hydrogen) atoms. The average Bonchev–Trinajstić information content (AvgIpc) is 3.31. The molecule has 1 aromatic carbocycles. The van der Waals surface area contributed by atoms with Gasteiger partial charge in [0.1, 0.15) is 22.9 Å². The van der Waals surface area contributed by atoms with E-state index in [2.05, 4.69) is 22.2 Å². The Kier molecular flexibility index (Phi) is 4.34. The van der Waals surface area contributed by atoms with Crippen LogP contribution in [0.2, 0.25) is 0 Å². The molecule has 2 aliphatic rings. The Balaban J connectivity index is 1.66. The molecule has 2 bridgehead atoms. The van der Waals surface area contributed by atoms with E-state index in [1.165, 1.54) is 6.07 Å². The molecule has 1 amide bonds. The maximum Gasteiger partial charge on any atom is 0.256 e. The van der Waals surface area contributed by atoms with Crippen molar-refractivity contribution in [3.8, 4) is 5.75 Å². The Morgan fingerprint density at radius 3 is 3.10 bits per heavy atom. The Bertz CT molecular complexity index is 1080. The van der Waals surface area contributed by atoms with Crippen LogP contribution in [-0.4, -0.2) is 40.2 Å². The quantitative estimate of drug-likeness (QED) is 0.634. The first kappa shape index (κ1) is 17.9. The number of rotatable bonds is 0. The second-order valence-corrected chi connectivity index (χ2v) is 7.76. The van der Waals surface area contributed by atoms with E-state index in [-0.39, 0.29) is 17.8 Å². The molecule has 1 N–H and O–H groups in total. The van der Waals surface area contributed by atoms with Crippen LogP contribution in [0, 0.1) is 11.7 Å². The number of amides is 1. The number of nitrogens with one attached hydrogen (secondary N) is 1.